The van der Waals surface area contributed by atoms with Gasteiger partial charge in [-0.3, -0.25) is 4.98 Å². The smallest absolute Gasteiger partial charge is 0.241 e. The van der Waals surface area contributed by atoms with E-state index in [2.05, 4.69) is 15.0 Å². The summed E-state index contributed by atoms with van der Waals surface area (Å²) in [7, 11) is 1.61. The SMILES string of the molecule is COc1ccc(Oc2nc(-c3cncc(SC)c3)ncc2Cl)cc1. The Balaban J connectivity index is 1.90. The topological polar surface area (TPSA) is 57.1 Å². The van der Waals surface area contributed by atoms with Crippen LogP contribution in [0.2, 0.25) is 5.02 Å². The molecule has 0 N–H and O–H groups in total. The van der Waals surface area contributed by atoms with Crippen molar-refractivity contribution in [3.63, 3.8) is 0 Å². The summed E-state index contributed by atoms with van der Waals surface area (Å²) in [6, 6.07) is 9.15. The van der Waals surface area contributed by atoms with Crippen LogP contribution in [-0.4, -0.2) is 28.3 Å². The minimum Gasteiger partial charge on any atom is -0.497 e. The minimum atomic E-state index is 0.293. The first-order valence-corrected chi connectivity index (χ1v) is 8.63. The fraction of sp³-hybridized carbons (Fsp3) is 0.118. The summed E-state index contributed by atoms with van der Waals surface area (Å²) in [5.41, 5.74) is 0.804. The lowest BCUT2D eigenvalue weighted by atomic mass is 10.2. The normalized spacial score (nSPS) is 10.5. The molecule has 0 amide bonds. The van der Waals surface area contributed by atoms with Gasteiger partial charge in [-0.05, 0) is 36.6 Å². The van der Waals surface area contributed by atoms with Crippen molar-refractivity contribution in [3.8, 4) is 28.8 Å². The summed E-state index contributed by atoms with van der Waals surface area (Å²) in [5.74, 6) is 2.16. The summed E-state index contributed by atoms with van der Waals surface area (Å²) in [5, 5.41) is 0.337. The van der Waals surface area contributed by atoms with E-state index in [1.54, 1.807) is 55.5 Å². The summed E-state index contributed by atoms with van der Waals surface area (Å²) in [4.78, 5) is 13.9. The van der Waals surface area contributed by atoms with Gasteiger partial charge >= 0.3 is 0 Å². The second-order valence-electron chi connectivity index (χ2n) is 4.74. The molecule has 7 heteroatoms. The zero-order valence-corrected chi connectivity index (χ0v) is 14.6. The lowest BCUT2D eigenvalue weighted by Gasteiger charge is -2.09. The molecule has 0 radical (unpaired) electrons. The van der Waals surface area contributed by atoms with Crippen molar-refractivity contribution in [1.29, 1.82) is 0 Å². The number of halogens is 1. The lowest BCUT2D eigenvalue weighted by molar-refractivity contribution is 0.412. The first-order chi connectivity index (χ1) is 11.7. The molecular formula is C17H14ClN3O2S. The monoisotopic (exact) mass is 359 g/mol. The zero-order valence-electron chi connectivity index (χ0n) is 13.1. The third kappa shape index (κ3) is 3.77. The minimum absolute atomic E-state index is 0.293. The molecule has 0 aliphatic heterocycles. The van der Waals surface area contributed by atoms with Crippen LogP contribution in [0.25, 0.3) is 11.4 Å². The van der Waals surface area contributed by atoms with E-state index in [0.29, 0.717) is 22.5 Å². The second-order valence-corrected chi connectivity index (χ2v) is 6.02. The first-order valence-electron chi connectivity index (χ1n) is 7.03. The van der Waals surface area contributed by atoms with Crippen molar-refractivity contribution < 1.29 is 9.47 Å². The average molecular weight is 360 g/mol. The Morgan fingerprint density at radius 3 is 2.50 bits per heavy atom. The van der Waals surface area contributed by atoms with E-state index in [-0.39, 0.29) is 0 Å². The Labute approximate surface area is 149 Å². The molecule has 2 heterocycles. The second kappa shape index (κ2) is 7.51. The molecule has 3 rings (SSSR count). The maximum atomic E-state index is 6.16. The van der Waals surface area contributed by atoms with Crippen LogP contribution in [0.3, 0.4) is 0 Å². The van der Waals surface area contributed by atoms with Gasteiger partial charge in [0.15, 0.2) is 5.82 Å². The molecule has 0 unspecified atom stereocenters. The van der Waals surface area contributed by atoms with Crippen molar-refractivity contribution in [2.45, 2.75) is 4.90 Å². The number of thioether (sulfide) groups is 1. The standard InChI is InChI=1S/C17H14ClN3O2S/c1-22-12-3-5-13(6-4-12)23-17-15(18)10-20-16(21-17)11-7-14(24-2)9-19-8-11/h3-10H,1-2H3. The molecule has 122 valence electrons. The highest BCUT2D eigenvalue weighted by molar-refractivity contribution is 7.98. The summed E-state index contributed by atoms with van der Waals surface area (Å²) >= 11 is 7.76. The number of nitrogens with zero attached hydrogens (tertiary/aromatic N) is 3. The molecule has 24 heavy (non-hydrogen) atoms. The molecule has 0 bridgehead atoms. The lowest BCUT2D eigenvalue weighted by Crippen LogP contribution is -1.95. The third-order valence-electron chi connectivity index (χ3n) is 3.19. The van der Waals surface area contributed by atoms with Gasteiger partial charge in [-0.15, -0.1) is 11.8 Å². The predicted octanol–water partition coefficient (Wildman–Crippen LogP) is 4.71. The fourth-order valence-electron chi connectivity index (χ4n) is 1.97. The highest BCUT2D eigenvalue weighted by Crippen LogP contribution is 2.30. The van der Waals surface area contributed by atoms with Crippen LogP contribution in [0.1, 0.15) is 0 Å². The molecule has 0 aliphatic carbocycles. The van der Waals surface area contributed by atoms with Gasteiger partial charge in [-0.25, -0.2) is 4.98 Å². The zero-order chi connectivity index (χ0) is 16.9. The van der Waals surface area contributed by atoms with Crippen LogP contribution in [0, 0.1) is 0 Å². The van der Waals surface area contributed by atoms with Crippen molar-refractivity contribution in [1.82, 2.24) is 15.0 Å². The molecule has 0 atom stereocenters. The van der Waals surface area contributed by atoms with E-state index in [0.717, 1.165) is 16.2 Å². The summed E-state index contributed by atoms with van der Waals surface area (Å²) < 4.78 is 10.9. The van der Waals surface area contributed by atoms with Crippen molar-refractivity contribution >= 4 is 23.4 Å². The Kier molecular flexibility index (Phi) is 5.17. The van der Waals surface area contributed by atoms with E-state index >= 15 is 0 Å². The number of rotatable bonds is 5. The number of pyridine rings is 1. The Morgan fingerprint density at radius 1 is 1.04 bits per heavy atom. The maximum absolute atomic E-state index is 6.16. The number of aromatic nitrogens is 3. The maximum Gasteiger partial charge on any atom is 0.241 e. The van der Waals surface area contributed by atoms with Gasteiger partial charge in [0.1, 0.15) is 16.5 Å². The van der Waals surface area contributed by atoms with Crippen LogP contribution in [0.15, 0.2) is 53.8 Å². The highest BCUT2D eigenvalue weighted by atomic mass is 35.5. The van der Waals surface area contributed by atoms with Crippen LogP contribution in [0.4, 0.5) is 0 Å². The molecule has 0 saturated carbocycles. The van der Waals surface area contributed by atoms with E-state index in [4.69, 9.17) is 21.1 Å². The quantitative estimate of drug-likeness (QED) is 0.614. The molecule has 1 aromatic carbocycles. The van der Waals surface area contributed by atoms with Gasteiger partial charge in [-0.2, -0.15) is 4.98 Å². The molecule has 0 aliphatic rings. The van der Waals surface area contributed by atoms with Gasteiger partial charge in [0, 0.05) is 22.9 Å². The van der Waals surface area contributed by atoms with Crippen molar-refractivity contribution in [3.05, 3.63) is 53.9 Å². The van der Waals surface area contributed by atoms with Gasteiger partial charge in [0.25, 0.3) is 0 Å². The number of ether oxygens (including phenoxy) is 2. The van der Waals surface area contributed by atoms with Crippen LogP contribution in [-0.2, 0) is 0 Å². The number of methoxy groups -OCH3 is 1. The van der Waals surface area contributed by atoms with Crippen molar-refractivity contribution in [2.75, 3.05) is 13.4 Å². The Hall–Kier alpha value is -2.31. The van der Waals surface area contributed by atoms with E-state index < -0.39 is 0 Å². The fourth-order valence-corrected chi connectivity index (χ4v) is 2.51. The van der Waals surface area contributed by atoms with Crippen LogP contribution in [0.5, 0.6) is 17.4 Å². The van der Waals surface area contributed by atoms with Crippen molar-refractivity contribution in [2.24, 2.45) is 0 Å². The Morgan fingerprint density at radius 2 is 1.79 bits per heavy atom. The highest BCUT2D eigenvalue weighted by Gasteiger charge is 2.10. The third-order valence-corrected chi connectivity index (χ3v) is 4.15. The van der Waals surface area contributed by atoms with Crippen LogP contribution < -0.4 is 9.47 Å². The number of benzene rings is 1. The molecule has 0 fully saturated rings. The average Bonchev–Trinajstić information content (AvgIpc) is 2.64. The summed E-state index contributed by atoms with van der Waals surface area (Å²) in [6.45, 7) is 0. The first kappa shape index (κ1) is 16.5. The molecule has 2 aromatic heterocycles. The van der Waals surface area contributed by atoms with Gasteiger partial charge < -0.3 is 9.47 Å². The van der Waals surface area contributed by atoms with E-state index in [1.165, 1.54) is 6.20 Å². The number of hydrogen-bond donors (Lipinski definition) is 0. The van der Waals surface area contributed by atoms with Crippen LogP contribution >= 0.6 is 23.4 Å². The molecule has 5 nitrogen and oxygen atoms in total. The van der Waals surface area contributed by atoms with Gasteiger partial charge in [0.2, 0.25) is 5.88 Å². The van der Waals surface area contributed by atoms with E-state index in [1.807, 2.05) is 12.3 Å². The largest absolute Gasteiger partial charge is 0.497 e. The molecule has 0 saturated heterocycles. The predicted molar refractivity (Wildman–Crippen MR) is 95.1 cm³/mol. The Bertz CT molecular complexity index is 843. The van der Waals surface area contributed by atoms with E-state index in [9.17, 15) is 0 Å². The summed E-state index contributed by atoms with van der Waals surface area (Å²) in [6.07, 6.45) is 7.01. The molecule has 0 spiro atoms. The van der Waals surface area contributed by atoms with Gasteiger partial charge in [-0.1, -0.05) is 11.6 Å². The van der Waals surface area contributed by atoms with Gasteiger partial charge in [0.05, 0.1) is 13.3 Å². The number of hydrogen-bond acceptors (Lipinski definition) is 6. The molecule has 3 aromatic rings. The molecular weight excluding hydrogens is 346 g/mol.